The lowest BCUT2D eigenvalue weighted by atomic mass is 10.2. The Hall–Kier alpha value is -3.92. The number of hydrogen-bond acceptors (Lipinski definition) is 8. The summed E-state index contributed by atoms with van der Waals surface area (Å²) in [7, 11) is 0. The molecular formula is C21H18N6O3S. The summed E-state index contributed by atoms with van der Waals surface area (Å²) in [6.45, 7) is 0.281. The molecule has 1 N–H and O–H groups in total. The second-order valence-corrected chi connectivity index (χ2v) is 7.34. The molecule has 0 saturated carbocycles. The zero-order valence-corrected chi connectivity index (χ0v) is 17.2. The Morgan fingerprint density at radius 2 is 1.97 bits per heavy atom. The van der Waals surface area contributed by atoms with Gasteiger partial charge < -0.3 is 10.1 Å². The van der Waals surface area contributed by atoms with Crippen molar-refractivity contribution in [2.75, 3.05) is 13.2 Å². The lowest BCUT2D eigenvalue weighted by Gasteiger charge is -2.09. The van der Waals surface area contributed by atoms with E-state index in [0.29, 0.717) is 11.6 Å². The lowest BCUT2D eigenvalue weighted by Crippen LogP contribution is -2.35. The van der Waals surface area contributed by atoms with E-state index < -0.39 is 0 Å². The van der Waals surface area contributed by atoms with Gasteiger partial charge in [-0.05, 0) is 35.7 Å². The zero-order valence-electron chi connectivity index (χ0n) is 16.3. The highest BCUT2D eigenvalue weighted by molar-refractivity contribution is 7.13. The van der Waals surface area contributed by atoms with Crippen LogP contribution < -0.4 is 15.6 Å². The van der Waals surface area contributed by atoms with E-state index in [0.717, 1.165) is 20.8 Å². The number of nitrogens with zero attached hydrogens (tertiary/aromatic N) is 5. The van der Waals surface area contributed by atoms with Gasteiger partial charge in [-0.25, -0.2) is 4.68 Å². The van der Waals surface area contributed by atoms with E-state index in [2.05, 4.69) is 25.6 Å². The van der Waals surface area contributed by atoms with E-state index in [1.54, 1.807) is 41.9 Å². The molecular weight excluding hydrogens is 416 g/mol. The molecule has 0 radical (unpaired) electrons. The third-order valence-electron chi connectivity index (χ3n) is 4.21. The van der Waals surface area contributed by atoms with E-state index in [1.165, 1.54) is 6.07 Å². The SMILES string of the molecule is O=C(Cn1nc(-c2cccnc2)ccc1=O)NCCOc1ccc(-c2cccs2)nn1. The number of nitrogens with one attached hydrogen (secondary N) is 1. The molecule has 0 aliphatic rings. The van der Waals surface area contributed by atoms with Gasteiger partial charge in [0.15, 0.2) is 0 Å². The number of carbonyl (C=O) groups excluding carboxylic acids is 1. The maximum absolute atomic E-state index is 12.2. The molecule has 4 aromatic heterocycles. The molecule has 31 heavy (non-hydrogen) atoms. The largest absolute Gasteiger partial charge is 0.475 e. The van der Waals surface area contributed by atoms with Crippen LogP contribution in [0.2, 0.25) is 0 Å². The van der Waals surface area contributed by atoms with Gasteiger partial charge in [-0.3, -0.25) is 14.6 Å². The summed E-state index contributed by atoms with van der Waals surface area (Å²) in [5, 5.41) is 17.1. The average Bonchev–Trinajstić information content (AvgIpc) is 3.34. The zero-order chi connectivity index (χ0) is 21.5. The van der Waals surface area contributed by atoms with Crippen LogP contribution in [-0.4, -0.2) is 44.0 Å². The van der Waals surface area contributed by atoms with Crippen LogP contribution >= 0.6 is 11.3 Å². The van der Waals surface area contributed by atoms with Gasteiger partial charge in [0, 0.05) is 30.1 Å². The highest BCUT2D eigenvalue weighted by atomic mass is 32.1. The normalized spacial score (nSPS) is 10.6. The standard InChI is InChI=1S/C21H18N6O3S/c28-19(14-27-21(29)8-6-16(26-27)15-3-1-9-22-13-15)23-10-11-30-20-7-5-17(24-25-20)18-4-2-12-31-18/h1-9,12-13H,10-11,14H2,(H,23,28). The molecule has 9 nitrogen and oxygen atoms in total. The van der Waals surface area contributed by atoms with Crippen LogP contribution in [0.15, 0.2) is 71.1 Å². The minimum absolute atomic E-state index is 0.192. The van der Waals surface area contributed by atoms with Gasteiger partial charge in [-0.2, -0.15) is 5.10 Å². The summed E-state index contributed by atoms with van der Waals surface area (Å²) < 4.78 is 6.62. The van der Waals surface area contributed by atoms with Crippen molar-refractivity contribution in [2.24, 2.45) is 0 Å². The number of aromatic nitrogens is 5. The fourth-order valence-electron chi connectivity index (χ4n) is 2.72. The van der Waals surface area contributed by atoms with Gasteiger partial charge in [0.05, 0.1) is 17.1 Å². The summed E-state index contributed by atoms with van der Waals surface area (Å²) in [6.07, 6.45) is 3.29. The molecule has 0 aliphatic heterocycles. The first kappa shape index (κ1) is 20.4. The van der Waals surface area contributed by atoms with Crippen LogP contribution in [0.4, 0.5) is 0 Å². The van der Waals surface area contributed by atoms with Crippen LogP contribution in [-0.2, 0) is 11.3 Å². The molecule has 0 spiro atoms. The minimum Gasteiger partial charge on any atom is -0.475 e. The molecule has 4 heterocycles. The Morgan fingerprint density at radius 1 is 1.06 bits per heavy atom. The van der Waals surface area contributed by atoms with Crippen molar-refractivity contribution in [1.82, 2.24) is 30.3 Å². The molecule has 0 saturated heterocycles. The highest BCUT2D eigenvalue weighted by Gasteiger charge is 2.08. The van der Waals surface area contributed by atoms with E-state index in [9.17, 15) is 9.59 Å². The van der Waals surface area contributed by atoms with Crippen LogP contribution in [0, 0.1) is 0 Å². The van der Waals surface area contributed by atoms with Crippen molar-refractivity contribution in [3.05, 3.63) is 76.7 Å². The van der Waals surface area contributed by atoms with Gasteiger partial charge in [0.2, 0.25) is 11.8 Å². The van der Waals surface area contributed by atoms with E-state index in [1.807, 2.05) is 29.6 Å². The van der Waals surface area contributed by atoms with Crippen molar-refractivity contribution in [2.45, 2.75) is 6.54 Å². The molecule has 0 aliphatic carbocycles. The number of carbonyl (C=O) groups is 1. The van der Waals surface area contributed by atoms with Gasteiger partial charge in [0.1, 0.15) is 18.8 Å². The predicted octanol–water partition coefficient (Wildman–Crippen LogP) is 2.02. The van der Waals surface area contributed by atoms with E-state index in [4.69, 9.17) is 4.74 Å². The molecule has 0 bridgehead atoms. The first-order valence-corrected chi connectivity index (χ1v) is 10.3. The molecule has 0 aromatic carbocycles. The average molecular weight is 434 g/mol. The number of amides is 1. The Balaban J connectivity index is 1.26. The lowest BCUT2D eigenvalue weighted by molar-refractivity contribution is -0.122. The molecule has 0 atom stereocenters. The van der Waals surface area contributed by atoms with Crippen molar-refractivity contribution in [3.63, 3.8) is 0 Å². The fourth-order valence-corrected chi connectivity index (χ4v) is 3.41. The first-order chi connectivity index (χ1) is 15.2. The van der Waals surface area contributed by atoms with Crippen LogP contribution in [0.25, 0.3) is 21.8 Å². The Labute approximate surface area is 181 Å². The molecule has 1 amide bonds. The predicted molar refractivity (Wildman–Crippen MR) is 116 cm³/mol. The number of ether oxygens (including phenoxy) is 1. The molecule has 4 aromatic rings. The highest BCUT2D eigenvalue weighted by Crippen LogP contribution is 2.22. The van der Waals surface area contributed by atoms with Crippen molar-refractivity contribution >= 4 is 17.2 Å². The molecule has 0 fully saturated rings. The summed E-state index contributed by atoms with van der Waals surface area (Å²) in [6, 6.07) is 14.1. The summed E-state index contributed by atoms with van der Waals surface area (Å²) in [4.78, 5) is 29.3. The minimum atomic E-state index is -0.361. The number of thiophene rings is 1. The monoisotopic (exact) mass is 434 g/mol. The topological polar surface area (TPSA) is 112 Å². The molecule has 156 valence electrons. The number of rotatable bonds is 8. The van der Waals surface area contributed by atoms with Crippen LogP contribution in [0.3, 0.4) is 0 Å². The third-order valence-corrected chi connectivity index (χ3v) is 5.10. The van der Waals surface area contributed by atoms with Gasteiger partial charge >= 0.3 is 0 Å². The molecule has 0 unspecified atom stereocenters. The maximum Gasteiger partial charge on any atom is 0.267 e. The second-order valence-electron chi connectivity index (χ2n) is 6.39. The fraction of sp³-hybridized carbons (Fsp3) is 0.143. The summed E-state index contributed by atoms with van der Waals surface area (Å²) in [5.41, 5.74) is 1.74. The van der Waals surface area contributed by atoms with Gasteiger partial charge in [-0.1, -0.05) is 6.07 Å². The summed E-state index contributed by atoms with van der Waals surface area (Å²) >= 11 is 1.58. The first-order valence-electron chi connectivity index (χ1n) is 9.45. The number of hydrogen-bond donors (Lipinski definition) is 1. The number of pyridine rings is 1. The Bertz CT molecular complexity index is 1190. The summed E-state index contributed by atoms with van der Waals surface area (Å²) in [5.74, 6) is 0.0253. The smallest absolute Gasteiger partial charge is 0.267 e. The second kappa shape index (κ2) is 9.72. The Kier molecular flexibility index (Phi) is 6.38. The Morgan fingerprint density at radius 3 is 2.71 bits per heavy atom. The van der Waals surface area contributed by atoms with E-state index in [-0.39, 0.29) is 31.2 Å². The van der Waals surface area contributed by atoms with Gasteiger partial charge in [-0.15, -0.1) is 21.5 Å². The quantitative estimate of drug-likeness (QED) is 0.422. The van der Waals surface area contributed by atoms with Crippen LogP contribution in [0.5, 0.6) is 5.88 Å². The molecule has 4 rings (SSSR count). The molecule has 10 heteroatoms. The maximum atomic E-state index is 12.2. The van der Waals surface area contributed by atoms with Crippen LogP contribution in [0.1, 0.15) is 0 Å². The third kappa shape index (κ3) is 5.37. The van der Waals surface area contributed by atoms with Crippen molar-refractivity contribution in [3.8, 4) is 27.7 Å². The van der Waals surface area contributed by atoms with Crippen molar-refractivity contribution < 1.29 is 9.53 Å². The van der Waals surface area contributed by atoms with Crippen molar-refractivity contribution in [1.29, 1.82) is 0 Å². The van der Waals surface area contributed by atoms with E-state index >= 15 is 0 Å². The van der Waals surface area contributed by atoms with Gasteiger partial charge in [0.25, 0.3) is 5.56 Å².